The first-order valence-electron chi connectivity index (χ1n) is 4.99. The molecule has 4 heteroatoms. The molecule has 4 nitrogen and oxygen atoms in total. The Balaban J connectivity index is 3.02. The number of rotatable bonds is 4. The highest BCUT2D eigenvalue weighted by molar-refractivity contribution is 5.14. The fraction of sp³-hybridized carbons (Fsp3) is 0.545. The molecule has 1 aromatic heterocycles. The van der Waals surface area contributed by atoms with Crippen molar-refractivity contribution in [2.75, 3.05) is 34.7 Å². The molecule has 0 aliphatic carbocycles. The molecular weight excluding hydrogens is 188 g/mol. The molecule has 0 saturated carbocycles. The lowest BCUT2D eigenvalue weighted by molar-refractivity contribution is 0.111. The second-order valence-corrected chi connectivity index (χ2v) is 4.27. The van der Waals surface area contributed by atoms with Crippen LogP contribution < -0.4 is 5.73 Å². The van der Waals surface area contributed by atoms with Crippen molar-refractivity contribution in [3.8, 4) is 0 Å². The molecule has 0 radical (unpaired) electrons. The van der Waals surface area contributed by atoms with Crippen LogP contribution in [0, 0.1) is 0 Å². The Hall–Kier alpha value is -0.970. The van der Waals surface area contributed by atoms with Gasteiger partial charge in [0.2, 0.25) is 0 Å². The summed E-state index contributed by atoms with van der Waals surface area (Å²) in [5, 5.41) is 0. The molecule has 84 valence electrons. The van der Waals surface area contributed by atoms with Crippen LogP contribution in [0.1, 0.15) is 5.69 Å². The molecule has 1 atom stereocenters. The van der Waals surface area contributed by atoms with Crippen LogP contribution in [0.4, 0.5) is 0 Å². The first kappa shape index (κ1) is 12.1. The number of nitrogens with two attached hydrogens (primary N) is 1. The van der Waals surface area contributed by atoms with Crippen molar-refractivity contribution < 1.29 is 0 Å². The standard InChI is InChI=1S/C11H20N4/c1-14(2)9-11(12,15(3)4)10-7-5-6-8-13-10/h5-8H,9,12H2,1-4H3. The lowest BCUT2D eigenvalue weighted by Gasteiger charge is -2.37. The minimum Gasteiger partial charge on any atom is -0.307 e. The van der Waals surface area contributed by atoms with E-state index >= 15 is 0 Å². The van der Waals surface area contributed by atoms with E-state index in [4.69, 9.17) is 5.73 Å². The Labute approximate surface area is 91.7 Å². The normalized spacial score (nSPS) is 15.7. The Kier molecular flexibility index (Phi) is 3.79. The summed E-state index contributed by atoms with van der Waals surface area (Å²) in [5.41, 5.74) is 6.74. The van der Waals surface area contributed by atoms with Gasteiger partial charge in [0.05, 0.1) is 5.69 Å². The quantitative estimate of drug-likeness (QED) is 0.724. The monoisotopic (exact) mass is 208 g/mol. The topological polar surface area (TPSA) is 45.4 Å². The third kappa shape index (κ3) is 2.75. The minimum atomic E-state index is -0.537. The third-order valence-corrected chi connectivity index (χ3v) is 2.46. The van der Waals surface area contributed by atoms with E-state index < -0.39 is 5.66 Å². The fourth-order valence-electron chi connectivity index (χ4n) is 1.55. The van der Waals surface area contributed by atoms with E-state index in [1.807, 2.05) is 51.3 Å². The minimum absolute atomic E-state index is 0.537. The van der Waals surface area contributed by atoms with Crippen LogP contribution in [0.5, 0.6) is 0 Å². The molecule has 0 bridgehead atoms. The van der Waals surface area contributed by atoms with Crippen LogP contribution in [0.25, 0.3) is 0 Å². The summed E-state index contributed by atoms with van der Waals surface area (Å²) in [4.78, 5) is 8.39. The second kappa shape index (κ2) is 4.70. The molecule has 0 aliphatic rings. The first-order valence-corrected chi connectivity index (χ1v) is 4.99. The number of nitrogens with zero attached hydrogens (tertiary/aromatic N) is 3. The van der Waals surface area contributed by atoms with Crippen molar-refractivity contribution in [3.63, 3.8) is 0 Å². The van der Waals surface area contributed by atoms with Gasteiger partial charge in [-0.2, -0.15) is 0 Å². The molecule has 1 rings (SSSR count). The molecule has 0 aromatic carbocycles. The molecule has 0 saturated heterocycles. The number of likely N-dealkylation sites (N-methyl/N-ethyl adjacent to an activating group) is 2. The van der Waals surface area contributed by atoms with E-state index in [2.05, 4.69) is 9.88 Å². The Morgan fingerprint density at radius 1 is 1.27 bits per heavy atom. The van der Waals surface area contributed by atoms with Crippen molar-refractivity contribution >= 4 is 0 Å². The largest absolute Gasteiger partial charge is 0.307 e. The number of hydrogen-bond donors (Lipinski definition) is 1. The highest BCUT2D eigenvalue weighted by atomic mass is 15.3. The van der Waals surface area contributed by atoms with E-state index in [0.717, 1.165) is 12.2 Å². The van der Waals surface area contributed by atoms with Crippen LogP contribution in [0.2, 0.25) is 0 Å². The highest BCUT2D eigenvalue weighted by Crippen LogP contribution is 2.18. The zero-order valence-corrected chi connectivity index (χ0v) is 9.94. The van der Waals surface area contributed by atoms with Crippen molar-refractivity contribution in [1.29, 1.82) is 0 Å². The van der Waals surface area contributed by atoms with Crippen LogP contribution in [0.15, 0.2) is 24.4 Å². The van der Waals surface area contributed by atoms with Crippen molar-refractivity contribution in [3.05, 3.63) is 30.1 Å². The van der Waals surface area contributed by atoms with Gasteiger partial charge in [0.15, 0.2) is 0 Å². The molecule has 1 aromatic rings. The van der Waals surface area contributed by atoms with Gasteiger partial charge in [-0.1, -0.05) is 6.07 Å². The predicted molar refractivity (Wildman–Crippen MR) is 62.3 cm³/mol. The van der Waals surface area contributed by atoms with Crippen molar-refractivity contribution in [2.45, 2.75) is 5.66 Å². The summed E-state index contributed by atoms with van der Waals surface area (Å²) in [5.74, 6) is 0. The van der Waals surface area contributed by atoms with Crippen LogP contribution >= 0.6 is 0 Å². The van der Waals surface area contributed by atoms with Gasteiger partial charge in [0.1, 0.15) is 5.66 Å². The van der Waals surface area contributed by atoms with E-state index in [9.17, 15) is 0 Å². The molecule has 1 heterocycles. The number of hydrogen-bond acceptors (Lipinski definition) is 4. The van der Waals surface area contributed by atoms with Gasteiger partial charge in [-0.25, -0.2) is 0 Å². The van der Waals surface area contributed by atoms with Crippen LogP contribution in [-0.4, -0.2) is 49.5 Å². The molecule has 0 aliphatic heterocycles. The molecule has 0 fully saturated rings. The number of aromatic nitrogens is 1. The van der Waals surface area contributed by atoms with Gasteiger partial charge in [-0.05, 0) is 40.3 Å². The fourth-order valence-corrected chi connectivity index (χ4v) is 1.55. The van der Waals surface area contributed by atoms with Crippen LogP contribution in [-0.2, 0) is 5.66 Å². The summed E-state index contributed by atoms with van der Waals surface area (Å²) >= 11 is 0. The Morgan fingerprint density at radius 3 is 2.33 bits per heavy atom. The summed E-state index contributed by atoms with van der Waals surface area (Å²) in [6.07, 6.45) is 1.77. The summed E-state index contributed by atoms with van der Waals surface area (Å²) in [6.45, 7) is 0.733. The van der Waals surface area contributed by atoms with E-state index in [0.29, 0.717) is 0 Å². The molecule has 1 unspecified atom stereocenters. The molecule has 0 spiro atoms. The molecule has 15 heavy (non-hydrogen) atoms. The van der Waals surface area contributed by atoms with Gasteiger partial charge in [-0.3, -0.25) is 9.88 Å². The van der Waals surface area contributed by atoms with Gasteiger partial charge < -0.3 is 10.6 Å². The lowest BCUT2D eigenvalue weighted by atomic mass is 10.0. The zero-order valence-electron chi connectivity index (χ0n) is 9.94. The van der Waals surface area contributed by atoms with Crippen LogP contribution in [0.3, 0.4) is 0 Å². The second-order valence-electron chi connectivity index (χ2n) is 4.27. The van der Waals surface area contributed by atoms with Crippen molar-refractivity contribution in [1.82, 2.24) is 14.8 Å². The zero-order chi connectivity index (χ0) is 11.5. The molecular formula is C11H20N4. The lowest BCUT2D eigenvalue weighted by Crippen LogP contribution is -2.56. The summed E-state index contributed by atoms with van der Waals surface area (Å²) in [6, 6.07) is 5.82. The molecule has 2 N–H and O–H groups in total. The van der Waals surface area contributed by atoms with E-state index in [-0.39, 0.29) is 0 Å². The van der Waals surface area contributed by atoms with Crippen molar-refractivity contribution in [2.24, 2.45) is 5.73 Å². The SMILES string of the molecule is CN(C)CC(N)(c1ccccn1)N(C)C. The van der Waals surface area contributed by atoms with Gasteiger partial charge in [-0.15, -0.1) is 0 Å². The Morgan fingerprint density at radius 2 is 1.93 bits per heavy atom. The maximum atomic E-state index is 6.38. The first-order chi connectivity index (χ1) is 6.97. The third-order valence-electron chi connectivity index (χ3n) is 2.46. The summed E-state index contributed by atoms with van der Waals surface area (Å²) < 4.78 is 0. The van der Waals surface area contributed by atoms with Gasteiger partial charge >= 0.3 is 0 Å². The van der Waals surface area contributed by atoms with E-state index in [1.54, 1.807) is 6.20 Å². The Bertz CT molecular complexity index is 297. The average molecular weight is 208 g/mol. The maximum absolute atomic E-state index is 6.38. The highest BCUT2D eigenvalue weighted by Gasteiger charge is 2.31. The maximum Gasteiger partial charge on any atom is 0.125 e. The van der Waals surface area contributed by atoms with Gasteiger partial charge in [0, 0.05) is 12.7 Å². The average Bonchev–Trinajstić information content (AvgIpc) is 2.17. The predicted octanol–water partition coefficient (Wildman–Crippen LogP) is 0.316. The number of pyridine rings is 1. The summed E-state index contributed by atoms with van der Waals surface area (Å²) in [7, 11) is 7.96. The molecule has 0 amide bonds. The van der Waals surface area contributed by atoms with Gasteiger partial charge in [0.25, 0.3) is 0 Å². The van der Waals surface area contributed by atoms with E-state index in [1.165, 1.54) is 0 Å². The smallest absolute Gasteiger partial charge is 0.125 e.